The van der Waals surface area contributed by atoms with Gasteiger partial charge in [-0.15, -0.1) is 11.3 Å². The van der Waals surface area contributed by atoms with Crippen LogP contribution in [0.4, 0.5) is 5.69 Å². The minimum Gasteiger partial charge on any atom is -0.462 e. The van der Waals surface area contributed by atoms with Crippen molar-refractivity contribution in [2.45, 2.75) is 6.92 Å². The number of thiophene rings is 1. The summed E-state index contributed by atoms with van der Waals surface area (Å²) in [7, 11) is 0. The average Bonchev–Trinajstić information content (AvgIpc) is 3.05. The highest BCUT2D eigenvalue weighted by molar-refractivity contribution is 7.21. The molecule has 3 heterocycles. The molecule has 0 aliphatic rings. The molecular weight excluding hydrogens is 360 g/mol. The fourth-order valence-corrected chi connectivity index (χ4v) is 3.79. The van der Waals surface area contributed by atoms with E-state index in [1.165, 1.54) is 11.3 Å². The van der Waals surface area contributed by atoms with Crippen LogP contribution in [0.5, 0.6) is 0 Å². The van der Waals surface area contributed by atoms with Gasteiger partial charge in [0.15, 0.2) is 5.82 Å². The number of aromatic nitrogens is 3. The summed E-state index contributed by atoms with van der Waals surface area (Å²) in [5, 5.41) is 0.673. The molecule has 0 aliphatic heterocycles. The molecule has 1 aromatic carbocycles. The van der Waals surface area contributed by atoms with E-state index in [4.69, 9.17) is 15.5 Å². The number of nitrogen functional groups attached to an aromatic ring is 1. The van der Waals surface area contributed by atoms with Crippen LogP contribution < -0.4 is 5.73 Å². The van der Waals surface area contributed by atoms with Crippen LogP contribution >= 0.6 is 11.3 Å². The fourth-order valence-electron chi connectivity index (χ4n) is 2.81. The van der Waals surface area contributed by atoms with Crippen LogP contribution in [0.3, 0.4) is 0 Å². The summed E-state index contributed by atoms with van der Waals surface area (Å²) in [6.45, 7) is 2.05. The van der Waals surface area contributed by atoms with Crippen molar-refractivity contribution in [1.29, 1.82) is 0 Å². The lowest BCUT2D eigenvalue weighted by molar-refractivity contribution is 0.0533. The summed E-state index contributed by atoms with van der Waals surface area (Å²) in [5.74, 6) is 0.114. The molecule has 0 saturated heterocycles. The Hall–Kier alpha value is -3.32. The maximum Gasteiger partial charge on any atom is 0.350 e. The number of hydrogen-bond donors (Lipinski definition) is 1. The van der Waals surface area contributed by atoms with Gasteiger partial charge in [0, 0.05) is 23.5 Å². The van der Waals surface area contributed by atoms with E-state index in [1.807, 2.05) is 42.5 Å². The smallest absolute Gasteiger partial charge is 0.350 e. The van der Waals surface area contributed by atoms with E-state index < -0.39 is 5.97 Å². The van der Waals surface area contributed by atoms with E-state index in [0.717, 1.165) is 11.1 Å². The van der Waals surface area contributed by atoms with Gasteiger partial charge in [0.1, 0.15) is 9.71 Å². The van der Waals surface area contributed by atoms with Crippen LogP contribution in [0, 0.1) is 0 Å². The highest BCUT2D eigenvalue weighted by atomic mass is 32.1. The van der Waals surface area contributed by atoms with E-state index in [1.54, 1.807) is 19.3 Å². The van der Waals surface area contributed by atoms with Crippen molar-refractivity contribution in [2.75, 3.05) is 12.3 Å². The molecule has 0 saturated carbocycles. The molecule has 134 valence electrons. The third-order valence-corrected chi connectivity index (χ3v) is 5.11. The number of pyridine rings is 1. The van der Waals surface area contributed by atoms with Crippen LogP contribution in [-0.2, 0) is 4.74 Å². The van der Waals surface area contributed by atoms with E-state index in [2.05, 4.69) is 9.97 Å². The lowest BCUT2D eigenvalue weighted by Gasteiger charge is -2.07. The molecule has 0 amide bonds. The highest BCUT2D eigenvalue weighted by Gasteiger charge is 2.23. The molecule has 0 fully saturated rings. The predicted molar refractivity (Wildman–Crippen MR) is 106 cm³/mol. The number of ether oxygens (including phenoxy) is 1. The Balaban J connectivity index is 2.01. The van der Waals surface area contributed by atoms with E-state index in [0.29, 0.717) is 32.3 Å². The molecule has 0 spiro atoms. The summed E-state index contributed by atoms with van der Waals surface area (Å²) < 4.78 is 5.13. The Bertz CT molecular complexity index is 1110. The summed E-state index contributed by atoms with van der Waals surface area (Å²) in [6, 6.07) is 13.4. The molecule has 4 aromatic rings. The normalized spacial score (nSPS) is 10.9. The minimum atomic E-state index is -0.442. The first-order valence-corrected chi connectivity index (χ1v) is 9.23. The fraction of sp³-hybridized carbons (Fsp3) is 0.100. The number of carbonyl (C=O) groups is 1. The molecule has 27 heavy (non-hydrogen) atoms. The van der Waals surface area contributed by atoms with Crippen molar-refractivity contribution < 1.29 is 9.53 Å². The zero-order valence-electron chi connectivity index (χ0n) is 14.5. The maximum absolute atomic E-state index is 12.3. The Labute approximate surface area is 159 Å². The van der Waals surface area contributed by atoms with Crippen molar-refractivity contribution in [1.82, 2.24) is 15.0 Å². The Morgan fingerprint density at radius 2 is 1.81 bits per heavy atom. The minimum absolute atomic E-state index is 0.284. The number of rotatable bonds is 4. The molecule has 0 atom stereocenters. The predicted octanol–water partition coefficient (Wildman–Crippen LogP) is 4.18. The third-order valence-electron chi connectivity index (χ3n) is 4.04. The molecule has 0 aliphatic carbocycles. The SMILES string of the molecule is CCOC(=O)c1sc2nc(-c3ccncc3)nc(-c3ccccc3)c2c1N. The van der Waals surface area contributed by atoms with Gasteiger partial charge in [-0.1, -0.05) is 30.3 Å². The average molecular weight is 376 g/mol. The molecule has 6 nitrogen and oxygen atoms in total. The van der Waals surface area contributed by atoms with Crippen LogP contribution in [0.2, 0.25) is 0 Å². The Morgan fingerprint density at radius 1 is 1.07 bits per heavy atom. The first kappa shape index (κ1) is 17.1. The number of hydrogen-bond acceptors (Lipinski definition) is 7. The van der Waals surface area contributed by atoms with Crippen molar-refractivity contribution in [3.8, 4) is 22.6 Å². The van der Waals surface area contributed by atoms with Crippen molar-refractivity contribution >= 4 is 33.2 Å². The standard InChI is InChI=1S/C20H16N4O2S/c1-2-26-20(25)17-15(21)14-16(12-6-4-3-5-7-12)23-18(24-19(14)27-17)13-8-10-22-11-9-13/h3-11H,2,21H2,1H3. The summed E-state index contributed by atoms with van der Waals surface area (Å²) in [6.07, 6.45) is 3.38. The number of fused-ring (bicyclic) bond motifs is 1. The molecule has 7 heteroatoms. The van der Waals surface area contributed by atoms with Crippen LogP contribution in [0.25, 0.3) is 32.9 Å². The molecule has 0 radical (unpaired) electrons. The Morgan fingerprint density at radius 3 is 2.52 bits per heavy atom. The second kappa shape index (κ2) is 7.13. The van der Waals surface area contributed by atoms with Crippen molar-refractivity contribution in [3.63, 3.8) is 0 Å². The van der Waals surface area contributed by atoms with Gasteiger partial charge < -0.3 is 10.5 Å². The number of benzene rings is 1. The summed E-state index contributed by atoms with van der Waals surface area (Å²) in [4.78, 5) is 26.7. The van der Waals surface area contributed by atoms with Gasteiger partial charge in [-0.3, -0.25) is 4.98 Å². The van der Waals surface area contributed by atoms with Gasteiger partial charge in [-0.05, 0) is 19.1 Å². The number of anilines is 1. The second-order valence-corrected chi connectivity index (χ2v) is 6.74. The first-order chi connectivity index (χ1) is 13.2. The summed E-state index contributed by atoms with van der Waals surface area (Å²) in [5.41, 5.74) is 9.11. The summed E-state index contributed by atoms with van der Waals surface area (Å²) >= 11 is 1.22. The van der Waals surface area contributed by atoms with E-state index in [-0.39, 0.29) is 6.61 Å². The van der Waals surface area contributed by atoms with Crippen molar-refractivity contribution in [2.24, 2.45) is 0 Å². The van der Waals surface area contributed by atoms with Gasteiger partial charge in [0.25, 0.3) is 0 Å². The first-order valence-electron chi connectivity index (χ1n) is 8.42. The number of carbonyl (C=O) groups excluding carboxylic acids is 1. The number of nitrogens with zero attached hydrogens (tertiary/aromatic N) is 3. The maximum atomic E-state index is 12.3. The topological polar surface area (TPSA) is 91.0 Å². The molecule has 2 N–H and O–H groups in total. The monoisotopic (exact) mass is 376 g/mol. The van der Waals surface area contributed by atoms with Gasteiger partial charge in [0.2, 0.25) is 0 Å². The van der Waals surface area contributed by atoms with Gasteiger partial charge in [-0.25, -0.2) is 14.8 Å². The van der Waals surface area contributed by atoms with Crippen LogP contribution in [-0.4, -0.2) is 27.5 Å². The van der Waals surface area contributed by atoms with E-state index in [9.17, 15) is 4.79 Å². The van der Waals surface area contributed by atoms with Gasteiger partial charge in [-0.2, -0.15) is 0 Å². The lowest BCUT2D eigenvalue weighted by Crippen LogP contribution is -2.05. The molecule has 0 bridgehead atoms. The highest BCUT2D eigenvalue weighted by Crippen LogP contribution is 2.39. The molecule has 0 unspecified atom stereocenters. The quantitative estimate of drug-likeness (QED) is 0.537. The third kappa shape index (κ3) is 3.13. The lowest BCUT2D eigenvalue weighted by atomic mass is 10.1. The second-order valence-electron chi connectivity index (χ2n) is 5.74. The zero-order chi connectivity index (χ0) is 18.8. The van der Waals surface area contributed by atoms with Crippen LogP contribution in [0.1, 0.15) is 16.6 Å². The van der Waals surface area contributed by atoms with Gasteiger partial charge in [0.05, 0.1) is 23.4 Å². The van der Waals surface area contributed by atoms with E-state index >= 15 is 0 Å². The van der Waals surface area contributed by atoms with Crippen molar-refractivity contribution in [3.05, 3.63) is 59.7 Å². The van der Waals surface area contributed by atoms with Crippen LogP contribution in [0.15, 0.2) is 54.9 Å². The largest absolute Gasteiger partial charge is 0.462 e. The Kier molecular flexibility index (Phi) is 4.52. The number of nitrogens with two attached hydrogens (primary N) is 1. The number of esters is 1. The van der Waals surface area contributed by atoms with Gasteiger partial charge >= 0.3 is 5.97 Å². The molecular formula is C20H16N4O2S. The molecule has 4 rings (SSSR count). The zero-order valence-corrected chi connectivity index (χ0v) is 15.4. The molecule has 3 aromatic heterocycles.